The van der Waals surface area contributed by atoms with Crippen LogP contribution >= 0.6 is 0 Å². The van der Waals surface area contributed by atoms with Crippen molar-refractivity contribution in [2.45, 2.75) is 44.5 Å². The molecule has 3 rings (SSSR count). The van der Waals surface area contributed by atoms with Gasteiger partial charge in [0.05, 0.1) is 6.61 Å². The van der Waals surface area contributed by atoms with Crippen LogP contribution in [-0.2, 0) is 19.1 Å². The maximum atomic E-state index is 11.7. The van der Waals surface area contributed by atoms with Gasteiger partial charge in [-0.2, -0.15) is 0 Å². The SMILES string of the molecule is CC(=O)N[C@H]1[C@@H](Oc2cccc3ccccc23)O[C@@H](CO)[C@@H](O)[C@@H]1OC(C)=O. The Hall–Kier alpha value is -2.68. The summed E-state index contributed by atoms with van der Waals surface area (Å²) in [4.78, 5) is 23.3. The van der Waals surface area contributed by atoms with Crippen molar-refractivity contribution < 1.29 is 34.0 Å². The molecule has 1 fully saturated rings. The zero-order valence-corrected chi connectivity index (χ0v) is 15.6. The number of esters is 1. The zero-order chi connectivity index (χ0) is 20.3. The van der Waals surface area contributed by atoms with Gasteiger partial charge in [-0.05, 0) is 11.5 Å². The zero-order valence-electron chi connectivity index (χ0n) is 15.6. The molecule has 0 spiro atoms. The van der Waals surface area contributed by atoms with E-state index < -0.39 is 49.1 Å². The summed E-state index contributed by atoms with van der Waals surface area (Å²) < 4.78 is 17.0. The van der Waals surface area contributed by atoms with Crippen LogP contribution < -0.4 is 10.1 Å². The first-order valence-electron chi connectivity index (χ1n) is 8.94. The fourth-order valence-corrected chi connectivity index (χ4v) is 3.31. The third-order valence-corrected chi connectivity index (χ3v) is 4.52. The third-order valence-electron chi connectivity index (χ3n) is 4.52. The van der Waals surface area contributed by atoms with Crippen LogP contribution in [-0.4, -0.2) is 59.3 Å². The van der Waals surface area contributed by atoms with Gasteiger partial charge in [0, 0.05) is 19.2 Å². The molecule has 2 aromatic rings. The molecule has 8 nitrogen and oxygen atoms in total. The van der Waals surface area contributed by atoms with E-state index in [-0.39, 0.29) is 0 Å². The van der Waals surface area contributed by atoms with Gasteiger partial charge in [-0.3, -0.25) is 9.59 Å². The number of hydrogen-bond acceptors (Lipinski definition) is 7. The van der Waals surface area contributed by atoms with Crippen molar-refractivity contribution in [3.63, 3.8) is 0 Å². The Morgan fingerprint density at radius 3 is 2.54 bits per heavy atom. The first-order valence-corrected chi connectivity index (χ1v) is 8.94. The molecule has 0 bridgehead atoms. The molecule has 1 amide bonds. The van der Waals surface area contributed by atoms with E-state index in [1.807, 2.05) is 36.4 Å². The summed E-state index contributed by atoms with van der Waals surface area (Å²) in [7, 11) is 0. The Labute approximate surface area is 162 Å². The molecule has 0 radical (unpaired) electrons. The molecule has 0 aromatic heterocycles. The predicted octanol–water partition coefficient (Wildman–Crippen LogP) is 0.733. The van der Waals surface area contributed by atoms with Crippen LogP contribution in [0.2, 0.25) is 0 Å². The van der Waals surface area contributed by atoms with E-state index in [1.165, 1.54) is 13.8 Å². The molecule has 3 N–H and O–H groups in total. The molecule has 1 heterocycles. The number of aliphatic hydroxyl groups excluding tert-OH is 2. The number of hydrogen-bond donors (Lipinski definition) is 3. The van der Waals surface area contributed by atoms with Crippen LogP contribution in [0.1, 0.15) is 13.8 Å². The van der Waals surface area contributed by atoms with Crippen molar-refractivity contribution in [3.05, 3.63) is 42.5 Å². The van der Waals surface area contributed by atoms with E-state index in [2.05, 4.69) is 5.32 Å². The third kappa shape index (κ3) is 4.24. The molecular weight excluding hydrogens is 366 g/mol. The highest BCUT2D eigenvalue weighted by Gasteiger charge is 2.48. The number of rotatable bonds is 5. The second-order valence-electron chi connectivity index (χ2n) is 6.61. The topological polar surface area (TPSA) is 114 Å². The van der Waals surface area contributed by atoms with Crippen molar-refractivity contribution in [3.8, 4) is 5.75 Å². The molecule has 1 saturated heterocycles. The minimum absolute atomic E-state index is 0.410. The van der Waals surface area contributed by atoms with Gasteiger partial charge < -0.3 is 29.7 Å². The molecular formula is C20H23NO7. The normalized spacial score (nSPS) is 27.2. The van der Waals surface area contributed by atoms with Gasteiger partial charge in [-0.25, -0.2) is 0 Å². The summed E-state index contributed by atoms with van der Waals surface area (Å²) in [5.41, 5.74) is 0. The standard InChI is InChI=1S/C20H23NO7/c1-11(23)21-17-19(26-12(2)24)18(25)16(10-22)28-20(17)27-15-9-5-7-13-6-3-4-8-14(13)15/h3-9,16-20,22,25H,10H2,1-2H3,(H,21,23)/t16-,17+,18+,19+,20-/m0/s1. The average Bonchev–Trinajstić information content (AvgIpc) is 2.66. The van der Waals surface area contributed by atoms with Crippen LogP contribution in [0.4, 0.5) is 0 Å². The van der Waals surface area contributed by atoms with Gasteiger partial charge in [0.1, 0.15) is 24.0 Å². The fourth-order valence-electron chi connectivity index (χ4n) is 3.31. The molecule has 150 valence electrons. The highest BCUT2D eigenvalue weighted by atomic mass is 16.7. The summed E-state index contributed by atoms with van der Waals surface area (Å²) in [5.74, 6) is -0.554. The van der Waals surface area contributed by atoms with Crippen LogP contribution in [0.25, 0.3) is 10.8 Å². The number of benzene rings is 2. The molecule has 1 aliphatic rings. The Balaban J connectivity index is 1.96. The van der Waals surface area contributed by atoms with Crippen LogP contribution in [0.3, 0.4) is 0 Å². The predicted molar refractivity (Wildman–Crippen MR) is 99.5 cm³/mol. The van der Waals surface area contributed by atoms with Crippen LogP contribution in [0.5, 0.6) is 5.75 Å². The maximum absolute atomic E-state index is 11.7. The largest absolute Gasteiger partial charge is 0.462 e. The number of aliphatic hydroxyl groups is 2. The molecule has 1 aliphatic heterocycles. The lowest BCUT2D eigenvalue weighted by Crippen LogP contribution is -2.66. The lowest BCUT2D eigenvalue weighted by molar-refractivity contribution is -0.249. The van der Waals surface area contributed by atoms with Gasteiger partial charge in [0.2, 0.25) is 12.2 Å². The Morgan fingerprint density at radius 1 is 1.14 bits per heavy atom. The molecule has 8 heteroatoms. The van der Waals surface area contributed by atoms with E-state index in [4.69, 9.17) is 14.2 Å². The Morgan fingerprint density at radius 2 is 1.86 bits per heavy atom. The summed E-state index contributed by atoms with van der Waals surface area (Å²) in [5, 5.41) is 24.4. The van der Waals surface area contributed by atoms with E-state index in [9.17, 15) is 19.8 Å². The van der Waals surface area contributed by atoms with Gasteiger partial charge in [-0.1, -0.05) is 36.4 Å². The summed E-state index contributed by atoms with van der Waals surface area (Å²) in [6.07, 6.45) is -4.63. The minimum atomic E-state index is -1.34. The second kappa shape index (κ2) is 8.55. The second-order valence-corrected chi connectivity index (χ2v) is 6.61. The number of ether oxygens (including phenoxy) is 3. The molecule has 0 unspecified atom stereocenters. The summed E-state index contributed by atoms with van der Waals surface area (Å²) in [6.45, 7) is 1.98. The highest BCUT2D eigenvalue weighted by molar-refractivity contribution is 5.88. The molecule has 0 saturated carbocycles. The maximum Gasteiger partial charge on any atom is 0.303 e. The lowest BCUT2D eigenvalue weighted by Gasteiger charge is -2.43. The number of carbonyl (C=O) groups excluding carboxylic acids is 2. The van der Waals surface area contributed by atoms with E-state index in [0.717, 1.165) is 10.8 Å². The lowest BCUT2D eigenvalue weighted by atomic mass is 9.96. The molecule has 28 heavy (non-hydrogen) atoms. The van der Waals surface area contributed by atoms with Gasteiger partial charge in [-0.15, -0.1) is 0 Å². The summed E-state index contributed by atoms with van der Waals surface area (Å²) >= 11 is 0. The van der Waals surface area contributed by atoms with Crippen molar-refractivity contribution in [1.82, 2.24) is 5.32 Å². The van der Waals surface area contributed by atoms with Crippen molar-refractivity contribution in [2.75, 3.05) is 6.61 Å². The molecule has 5 atom stereocenters. The molecule has 2 aromatic carbocycles. The van der Waals surface area contributed by atoms with Crippen LogP contribution in [0, 0.1) is 0 Å². The molecule has 0 aliphatic carbocycles. The van der Waals surface area contributed by atoms with E-state index in [0.29, 0.717) is 5.75 Å². The van der Waals surface area contributed by atoms with Gasteiger partial charge in [0.25, 0.3) is 0 Å². The van der Waals surface area contributed by atoms with Gasteiger partial charge in [0.15, 0.2) is 6.10 Å². The Kier molecular flexibility index (Phi) is 6.13. The average molecular weight is 389 g/mol. The monoisotopic (exact) mass is 389 g/mol. The van der Waals surface area contributed by atoms with E-state index in [1.54, 1.807) is 6.07 Å². The van der Waals surface area contributed by atoms with Crippen molar-refractivity contribution in [2.24, 2.45) is 0 Å². The van der Waals surface area contributed by atoms with Crippen molar-refractivity contribution >= 4 is 22.6 Å². The smallest absolute Gasteiger partial charge is 0.303 e. The quantitative estimate of drug-likeness (QED) is 0.646. The first-order chi connectivity index (χ1) is 13.4. The van der Waals surface area contributed by atoms with Gasteiger partial charge >= 0.3 is 5.97 Å². The number of fused-ring (bicyclic) bond motifs is 1. The number of amides is 1. The number of nitrogens with one attached hydrogen (secondary N) is 1. The summed E-state index contributed by atoms with van der Waals surface area (Å²) in [6, 6.07) is 12.1. The highest BCUT2D eigenvalue weighted by Crippen LogP contribution is 2.30. The first kappa shape index (κ1) is 20.1. The Bertz CT molecular complexity index is 850. The van der Waals surface area contributed by atoms with Crippen LogP contribution in [0.15, 0.2) is 42.5 Å². The number of carbonyl (C=O) groups is 2. The minimum Gasteiger partial charge on any atom is -0.462 e. The van der Waals surface area contributed by atoms with E-state index >= 15 is 0 Å². The fraction of sp³-hybridized carbons (Fsp3) is 0.400. The van der Waals surface area contributed by atoms with Crippen molar-refractivity contribution in [1.29, 1.82) is 0 Å².